The van der Waals surface area contributed by atoms with Crippen molar-refractivity contribution in [2.24, 2.45) is 0 Å². The van der Waals surface area contributed by atoms with Gasteiger partial charge in [0.25, 0.3) is 0 Å². The molecule has 0 atom stereocenters. The summed E-state index contributed by atoms with van der Waals surface area (Å²) in [5.74, 6) is 0. The normalized spacial score (nSPS) is 10.4. The number of rotatable bonds is 2. The van der Waals surface area contributed by atoms with E-state index in [0.717, 1.165) is 23.4 Å². The van der Waals surface area contributed by atoms with Crippen LogP contribution in [0.25, 0.3) is 11.3 Å². The van der Waals surface area contributed by atoms with Crippen LogP contribution in [0, 0.1) is 0 Å². The second-order valence-electron chi connectivity index (χ2n) is 3.39. The molecule has 0 unspecified atom stereocenters. The van der Waals surface area contributed by atoms with Gasteiger partial charge in [0, 0.05) is 5.56 Å². The van der Waals surface area contributed by atoms with Crippen molar-refractivity contribution in [2.45, 2.75) is 13.3 Å². The van der Waals surface area contributed by atoms with Crippen LogP contribution in [0.4, 0.5) is 0 Å². The van der Waals surface area contributed by atoms with Gasteiger partial charge in [0.15, 0.2) is 0 Å². The third kappa shape index (κ3) is 2.34. The molecule has 0 spiro atoms. The van der Waals surface area contributed by atoms with Crippen LogP contribution in [-0.4, -0.2) is 10.2 Å². The summed E-state index contributed by atoms with van der Waals surface area (Å²) in [5.41, 5.74) is 2.70. The van der Waals surface area contributed by atoms with Crippen LogP contribution >= 0.6 is 23.2 Å². The fourth-order valence-electron chi connectivity index (χ4n) is 1.36. The minimum Gasteiger partial charge on any atom is -0.155 e. The number of halogens is 2. The highest BCUT2D eigenvalue weighted by atomic mass is 35.5. The van der Waals surface area contributed by atoms with Crippen molar-refractivity contribution in [2.75, 3.05) is 0 Å². The quantitative estimate of drug-likeness (QED) is 0.807. The lowest BCUT2D eigenvalue weighted by Gasteiger charge is -2.02. The van der Waals surface area contributed by atoms with E-state index in [1.54, 1.807) is 12.1 Å². The van der Waals surface area contributed by atoms with E-state index in [9.17, 15) is 0 Å². The van der Waals surface area contributed by atoms with Gasteiger partial charge in [0.1, 0.15) is 0 Å². The minimum atomic E-state index is 0.528. The van der Waals surface area contributed by atoms with Gasteiger partial charge in [0.2, 0.25) is 0 Å². The van der Waals surface area contributed by atoms with Crippen LogP contribution in [-0.2, 0) is 6.42 Å². The summed E-state index contributed by atoms with van der Waals surface area (Å²) >= 11 is 11.8. The molecule has 0 saturated heterocycles. The van der Waals surface area contributed by atoms with Gasteiger partial charge >= 0.3 is 0 Å². The van der Waals surface area contributed by atoms with Crippen LogP contribution in [0.3, 0.4) is 0 Å². The van der Waals surface area contributed by atoms with Crippen molar-refractivity contribution >= 4 is 23.2 Å². The lowest BCUT2D eigenvalue weighted by atomic mass is 10.1. The molecule has 1 aromatic heterocycles. The fraction of sp³-hybridized carbons (Fsp3) is 0.167. The molecule has 2 nitrogen and oxygen atoms in total. The first-order valence-electron chi connectivity index (χ1n) is 4.98. The van der Waals surface area contributed by atoms with Crippen LogP contribution in [0.5, 0.6) is 0 Å². The summed E-state index contributed by atoms with van der Waals surface area (Å²) in [6.07, 6.45) is 0.884. The highest BCUT2D eigenvalue weighted by Gasteiger charge is 2.03. The maximum absolute atomic E-state index is 5.94. The Morgan fingerprint density at radius 3 is 2.38 bits per heavy atom. The molecule has 0 amide bonds. The Kier molecular flexibility index (Phi) is 3.42. The Bertz CT molecular complexity index is 495. The molecular formula is C12H10Cl2N2. The van der Waals surface area contributed by atoms with Crippen molar-refractivity contribution in [3.05, 3.63) is 46.1 Å². The van der Waals surface area contributed by atoms with Crippen molar-refractivity contribution < 1.29 is 0 Å². The highest BCUT2D eigenvalue weighted by molar-refractivity contribution is 6.42. The van der Waals surface area contributed by atoms with E-state index in [1.807, 2.05) is 25.1 Å². The van der Waals surface area contributed by atoms with E-state index in [2.05, 4.69) is 10.2 Å². The summed E-state index contributed by atoms with van der Waals surface area (Å²) < 4.78 is 0. The summed E-state index contributed by atoms with van der Waals surface area (Å²) in [5, 5.41) is 9.31. The van der Waals surface area contributed by atoms with E-state index in [-0.39, 0.29) is 0 Å². The first kappa shape index (κ1) is 11.4. The molecule has 1 heterocycles. The van der Waals surface area contributed by atoms with Gasteiger partial charge in [-0.1, -0.05) is 36.2 Å². The molecule has 16 heavy (non-hydrogen) atoms. The zero-order valence-corrected chi connectivity index (χ0v) is 10.3. The third-order valence-electron chi connectivity index (χ3n) is 2.30. The van der Waals surface area contributed by atoms with Crippen LogP contribution in [0.15, 0.2) is 30.3 Å². The Balaban J connectivity index is 2.38. The molecule has 4 heteroatoms. The van der Waals surface area contributed by atoms with E-state index < -0.39 is 0 Å². The van der Waals surface area contributed by atoms with Gasteiger partial charge < -0.3 is 0 Å². The number of nitrogens with zero attached hydrogens (tertiary/aromatic N) is 2. The third-order valence-corrected chi connectivity index (χ3v) is 3.04. The molecule has 0 aliphatic heterocycles. The van der Waals surface area contributed by atoms with Gasteiger partial charge in [0.05, 0.1) is 21.4 Å². The second kappa shape index (κ2) is 4.81. The first-order valence-corrected chi connectivity index (χ1v) is 5.74. The first-order chi connectivity index (χ1) is 7.70. The SMILES string of the molecule is CCc1ccc(-c2ccc(Cl)c(Cl)c2)nn1. The lowest BCUT2D eigenvalue weighted by molar-refractivity contribution is 0.924. The Labute approximate surface area is 104 Å². The number of aryl methyl sites for hydroxylation is 1. The standard InChI is InChI=1S/C12H10Cl2N2/c1-2-9-4-6-12(16-15-9)8-3-5-10(13)11(14)7-8/h3-7H,2H2,1H3. The molecule has 0 aliphatic carbocycles. The van der Waals surface area contributed by atoms with Crippen molar-refractivity contribution in [3.8, 4) is 11.3 Å². The molecule has 0 fully saturated rings. The monoisotopic (exact) mass is 252 g/mol. The summed E-state index contributed by atoms with van der Waals surface area (Å²) in [7, 11) is 0. The largest absolute Gasteiger partial charge is 0.155 e. The topological polar surface area (TPSA) is 25.8 Å². The molecule has 0 radical (unpaired) electrons. The van der Waals surface area contributed by atoms with Gasteiger partial charge in [-0.25, -0.2) is 0 Å². The van der Waals surface area contributed by atoms with E-state index in [0.29, 0.717) is 10.0 Å². The van der Waals surface area contributed by atoms with Crippen molar-refractivity contribution in [3.63, 3.8) is 0 Å². The van der Waals surface area contributed by atoms with Gasteiger partial charge in [-0.05, 0) is 30.7 Å². The molecule has 2 rings (SSSR count). The molecule has 0 saturated carbocycles. The lowest BCUT2D eigenvalue weighted by Crippen LogP contribution is -1.92. The number of aromatic nitrogens is 2. The van der Waals surface area contributed by atoms with Crippen LogP contribution in [0.1, 0.15) is 12.6 Å². The Morgan fingerprint density at radius 2 is 1.81 bits per heavy atom. The Hall–Kier alpha value is -1.12. The second-order valence-corrected chi connectivity index (χ2v) is 4.21. The number of benzene rings is 1. The van der Waals surface area contributed by atoms with Crippen LogP contribution in [0.2, 0.25) is 10.0 Å². The van der Waals surface area contributed by atoms with Crippen molar-refractivity contribution in [1.82, 2.24) is 10.2 Å². The Morgan fingerprint density at radius 1 is 1.00 bits per heavy atom. The van der Waals surface area contributed by atoms with E-state index in [1.165, 1.54) is 0 Å². The summed E-state index contributed by atoms with van der Waals surface area (Å²) in [4.78, 5) is 0. The molecular weight excluding hydrogens is 243 g/mol. The smallest absolute Gasteiger partial charge is 0.0930 e. The molecule has 82 valence electrons. The van der Waals surface area contributed by atoms with Crippen molar-refractivity contribution in [1.29, 1.82) is 0 Å². The number of hydrogen-bond acceptors (Lipinski definition) is 2. The summed E-state index contributed by atoms with van der Waals surface area (Å²) in [6.45, 7) is 2.04. The highest BCUT2D eigenvalue weighted by Crippen LogP contribution is 2.27. The van der Waals surface area contributed by atoms with E-state index in [4.69, 9.17) is 23.2 Å². The molecule has 0 N–H and O–H groups in total. The maximum atomic E-state index is 5.94. The zero-order valence-electron chi connectivity index (χ0n) is 8.74. The molecule has 0 aliphatic rings. The molecule has 0 bridgehead atoms. The maximum Gasteiger partial charge on any atom is 0.0930 e. The van der Waals surface area contributed by atoms with E-state index >= 15 is 0 Å². The number of hydrogen-bond donors (Lipinski definition) is 0. The zero-order chi connectivity index (χ0) is 11.5. The average Bonchev–Trinajstić information content (AvgIpc) is 2.33. The predicted molar refractivity (Wildman–Crippen MR) is 66.9 cm³/mol. The minimum absolute atomic E-state index is 0.528. The van der Waals surface area contributed by atoms with Gasteiger partial charge in [-0.15, -0.1) is 0 Å². The van der Waals surface area contributed by atoms with Gasteiger partial charge in [-0.2, -0.15) is 10.2 Å². The summed E-state index contributed by atoms with van der Waals surface area (Å²) in [6, 6.07) is 9.33. The fourth-order valence-corrected chi connectivity index (χ4v) is 1.66. The molecule has 1 aromatic carbocycles. The van der Waals surface area contributed by atoms with Crippen LogP contribution < -0.4 is 0 Å². The average molecular weight is 253 g/mol. The molecule has 2 aromatic rings. The predicted octanol–water partition coefficient (Wildman–Crippen LogP) is 4.01. The van der Waals surface area contributed by atoms with Gasteiger partial charge in [-0.3, -0.25) is 0 Å².